The van der Waals surface area contributed by atoms with Crippen LogP contribution in [-0.2, 0) is 15.7 Å². The minimum Gasteiger partial charge on any atom is -0.449 e. The molecule has 0 heterocycles. The second kappa shape index (κ2) is 8.66. The minimum atomic E-state index is -4.65. The molecule has 2 aromatic rings. The summed E-state index contributed by atoms with van der Waals surface area (Å²) in [6.07, 6.45) is -6.12. The van der Waals surface area contributed by atoms with Crippen LogP contribution in [0.4, 0.5) is 24.5 Å². The van der Waals surface area contributed by atoms with E-state index in [1.807, 2.05) is 0 Å². The first-order chi connectivity index (χ1) is 13.4. The topological polar surface area (TPSA) is 98.5 Å². The van der Waals surface area contributed by atoms with E-state index in [2.05, 4.69) is 5.32 Å². The fourth-order valence-corrected chi connectivity index (χ4v) is 2.45. The summed E-state index contributed by atoms with van der Waals surface area (Å²) in [7, 11) is 0. The number of nitrogens with one attached hydrogen (secondary N) is 1. The maximum Gasteiger partial charge on any atom is 0.416 e. The predicted octanol–water partition coefficient (Wildman–Crippen LogP) is 5.10. The Morgan fingerprint density at radius 2 is 1.76 bits per heavy atom. The van der Waals surface area contributed by atoms with Gasteiger partial charge in [-0.1, -0.05) is 23.2 Å². The largest absolute Gasteiger partial charge is 0.449 e. The van der Waals surface area contributed by atoms with Crippen LogP contribution in [0.25, 0.3) is 0 Å². The zero-order valence-electron chi connectivity index (χ0n) is 14.4. The summed E-state index contributed by atoms with van der Waals surface area (Å²) in [4.78, 5) is 34.4. The Morgan fingerprint density at radius 3 is 2.34 bits per heavy atom. The van der Waals surface area contributed by atoms with Crippen molar-refractivity contribution in [1.29, 1.82) is 0 Å². The second-order valence-electron chi connectivity index (χ2n) is 5.65. The first-order valence-electron chi connectivity index (χ1n) is 7.72. The third-order valence-corrected chi connectivity index (χ3v) is 4.24. The van der Waals surface area contributed by atoms with Gasteiger partial charge in [0.1, 0.15) is 0 Å². The van der Waals surface area contributed by atoms with Crippen molar-refractivity contribution >= 4 is 46.5 Å². The number of alkyl halides is 3. The number of rotatable bonds is 5. The third kappa shape index (κ3) is 5.58. The van der Waals surface area contributed by atoms with Gasteiger partial charge in [-0.25, -0.2) is 4.79 Å². The summed E-state index contributed by atoms with van der Waals surface area (Å²) in [5.41, 5.74) is -2.14. The Balaban J connectivity index is 2.15. The summed E-state index contributed by atoms with van der Waals surface area (Å²) in [5.74, 6) is -2.10. The van der Waals surface area contributed by atoms with Gasteiger partial charge < -0.3 is 10.1 Å². The summed E-state index contributed by atoms with van der Waals surface area (Å²) in [6.45, 7) is 1.15. The number of ether oxygens (including phenoxy) is 1. The van der Waals surface area contributed by atoms with Crippen molar-refractivity contribution in [3.8, 4) is 0 Å². The van der Waals surface area contributed by atoms with E-state index in [0.717, 1.165) is 37.3 Å². The van der Waals surface area contributed by atoms with Crippen molar-refractivity contribution in [2.45, 2.75) is 19.2 Å². The minimum absolute atomic E-state index is 0.144. The molecule has 0 aliphatic heterocycles. The second-order valence-corrected chi connectivity index (χ2v) is 6.46. The van der Waals surface area contributed by atoms with Crippen molar-refractivity contribution in [3.63, 3.8) is 0 Å². The number of nitro benzene ring substituents is 1. The van der Waals surface area contributed by atoms with Crippen LogP contribution in [0, 0.1) is 10.1 Å². The van der Waals surface area contributed by atoms with E-state index < -0.39 is 40.3 Å². The highest BCUT2D eigenvalue weighted by molar-refractivity contribution is 6.34. The lowest BCUT2D eigenvalue weighted by Gasteiger charge is -2.16. The number of carbonyl (C=O) groups is 2. The number of nitro groups is 1. The molecule has 154 valence electrons. The van der Waals surface area contributed by atoms with E-state index in [-0.39, 0.29) is 21.3 Å². The molecule has 2 rings (SSSR count). The molecule has 1 N–H and O–H groups in total. The number of anilines is 1. The molecule has 0 aliphatic carbocycles. The molecule has 1 amide bonds. The van der Waals surface area contributed by atoms with Crippen LogP contribution in [0.2, 0.25) is 10.0 Å². The van der Waals surface area contributed by atoms with Gasteiger partial charge in [-0.15, -0.1) is 0 Å². The summed E-state index contributed by atoms with van der Waals surface area (Å²) in [6, 6.07) is 5.39. The molecule has 2 aromatic carbocycles. The van der Waals surface area contributed by atoms with E-state index in [0.29, 0.717) is 6.07 Å². The number of amides is 1. The van der Waals surface area contributed by atoms with Crippen LogP contribution in [0.15, 0.2) is 36.4 Å². The maximum atomic E-state index is 12.8. The number of halogens is 5. The van der Waals surface area contributed by atoms with Crippen LogP contribution in [0.3, 0.4) is 0 Å². The Labute approximate surface area is 171 Å². The average molecular weight is 451 g/mol. The smallest absolute Gasteiger partial charge is 0.416 e. The monoisotopic (exact) mass is 450 g/mol. The fraction of sp³-hybridized carbons (Fsp3) is 0.176. The zero-order chi connectivity index (χ0) is 21.9. The Morgan fingerprint density at radius 1 is 1.14 bits per heavy atom. The van der Waals surface area contributed by atoms with E-state index in [4.69, 9.17) is 27.9 Å². The van der Waals surface area contributed by atoms with Crippen LogP contribution >= 0.6 is 23.2 Å². The fourth-order valence-electron chi connectivity index (χ4n) is 2.09. The van der Waals surface area contributed by atoms with Gasteiger partial charge >= 0.3 is 12.1 Å². The molecule has 12 heteroatoms. The highest BCUT2D eigenvalue weighted by Gasteiger charge is 2.31. The zero-order valence-corrected chi connectivity index (χ0v) is 15.9. The molecule has 29 heavy (non-hydrogen) atoms. The van der Waals surface area contributed by atoms with Gasteiger partial charge in [0.05, 0.1) is 31.8 Å². The molecule has 0 aromatic heterocycles. The van der Waals surface area contributed by atoms with Crippen LogP contribution < -0.4 is 5.32 Å². The number of benzene rings is 2. The van der Waals surface area contributed by atoms with Crippen molar-refractivity contribution < 1.29 is 32.4 Å². The van der Waals surface area contributed by atoms with Crippen LogP contribution in [-0.4, -0.2) is 22.9 Å². The lowest BCUT2D eigenvalue weighted by molar-refractivity contribution is -0.384. The molecule has 0 spiro atoms. The number of non-ortho nitro benzene ring substituents is 1. The number of hydrogen-bond donors (Lipinski definition) is 1. The first-order valence-corrected chi connectivity index (χ1v) is 8.48. The Kier molecular flexibility index (Phi) is 6.70. The number of hydrogen-bond acceptors (Lipinski definition) is 5. The summed E-state index contributed by atoms with van der Waals surface area (Å²) >= 11 is 11.6. The highest BCUT2D eigenvalue weighted by Crippen LogP contribution is 2.34. The quantitative estimate of drug-likeness (QED) is 0.387. The maximum absolute atomic E-state index is 12.8. The molecule has 0 aliphatic rings. The van der Waals surface area contributed by atoms with E-state index in [9.17, 15) is 32.9 Å². The van der Waals surface area contributed by atoms with Gasteiger partial charge in [0.2, 0.25) is 0 Å². The summed E-state index contributed by atoms with van der Waals surface area (Å²) in [5, 5.41) is 12.6. The summed E-state index contributed by atoms with van der Waals surface area (Å²) < 4.78 is 43.3. The molecule has 1 atom stereocenters. The van der Waals surface area contributed by atoms with Crippen LogP contribution in [0.5, 0.6) is 0 Å². The predicted molar refractivity (Wildman–Crippen MR) is 98.1 cm³/mol. The SMILES string of the molecule is CC(OC(=O)c1cc([N+](=O)[O-])ccc1Cl)C(=O)Nc1cc(C(F)(F)F)ccc1Cl. The molecular formula is C17H11Cl2F3N2O5. The van der Waals surface area contributed by atoms with Gasteiger partial charge in [0, 0.05) is 12.1 Å². The normalized spacial score (nSPS) is 12.2. The third-order valence-electron chi connectivity index (χ3n) is 3.59. The van der Waals surface area contributed by atoms with Gasteiger partial charge in [-0.05, 0) is 31.2 Å². The first kappa shape index (κ1) is 22.4. The molecule has 0 radical (unpaired) electrons. The van der Waals surface area contributed by atoms with Crippen molar-refractivity contribution in [3.05, 3.63) is 67.7 Å². The molecule has 1 unspecified atom stereocenters. The number of esters is 1. The van der Waals surface area contributed by atoms with E-state index >= 15 is 0 Å². The van der Waals surface area contributed by atoms with Gasteiger partial charge in [-0.3, -0.25) is 14.9 Å². The standard InChI is InChI=1S/C17H11Cl2F3N2O5/c1-8(29-16(26)11-7-10(24(27)28)3-5-12(11)18)15(25)23-14-6-9(17(20,21)22)2-4-13(14)19/h2-8H,1H3,(H,23,25). The van der Waals surface area contributed by atoms with Crippen molar-refractivity contribution in [1.82, 2.24) is 0 Å². The number of carbonyl (C=O) groups excluding carboxylic acids is 2. The molecule has 0 bridgehead atoms. The van der Waals surface area contributed by atoms with Gasteiger partial charge in [0.15, 0.2) is 6.10 Å². The molecule has 0 saturated carbocycles. The van der Waals surface area contributed by atoms with Crippen molar-refractivity contribution in [2.24, 2.45) is 0 Å². The van der Waals surface area contributed by atoms with Crippen LogP contribution in [0.1, 0.15) is 22.8 Å². The lowest BCUT2D eigenvalue weighted by atomic mass is 10.2. The number of nitrogens with zero attached hydrogens (tertiary/aromatic N) is 1. The van der Waals surface area contributed by atoms with E-state index in [1.54, 1.807) is 0 Å². The lowest BCUT2D eigenvalue weighted by Crippen LogP contribution is -2.30. The van der Waals surface area contributed by atoms with Gasteiger partial charge in [-0.2, -0.15) is 13.2 Å². The van der Waals surface area contributed by atoms with E-state index in [1.165, 1.54) is 0 Å². The molecule has 7 nitrogen and oxygen atoms in total. The molecule has 0 saturated heterocycles. The molecular weight excluding hydrogens is 440 g/mol. The highest BCUT2D eigenvalue weighted by atomic mass is 35.5. The molecule has 0 fully saturated rings. The Hall–Kier alpha value is -2.85. The average Bonchev–Trinajstić information content (AvgIpc) is 2.62. The van der Waals surface area contributed by atoms with Crippen molar-refractivity contribution in [2.75, 3.05) is 5.32 Å². The van der Waals surface area contributed by atoms with Gasteiger partial charge in [0.25, 0.3) is 11.6 Å². The Bertz CT molecular complexity index is 982.